The first-order valence-corrected chi connectivity index (χ1v) is 26.5. The molecule has 0 amide bonds. The van der Waals surface area contributed by atoms with Crippen LogP contribution in [0.25, 0.3) is 164 Å². The summed E-state index contributed by atoms with van der Waals surface area (Å²) < 4.78 is 14.2. The van der Waals surface area contributed by atoms with Crippen LogP contribution in [0.1, 0.15) is 0 Å². The Labute approximate surface area is 437 Å². The molecule has 0 aliphatic heterocycles. The van der Waals surface area contributed by atoms with Crippen molar-refractivity contribution in [3.63, 3.8) is 0 Å². The molecule has 0 bridgehead atoms. The van der Waals surface area contributed by atoms with Gasteiger partial charge in [0.25, 0.3) is 0 Å². The van der Waals surface area contributed by atoms with Crippen LogP contribution in [0.15, 0.2) is 241 Å². The van der Waals surface area contributed by atoms with Gasteiger partial charge in [-0.05, 0) is 99.7 Å². The number of thiophene rings is 1. The van der Waals surface area contributed by atoms with Crippen LogP contribution in [-0.4, -0.2) is 24.1 Å². The van der Waals surface area contributed by atoms with Crippen LogP contribution in [0.4, 0.5) is 0 Å². The normalized spacial score (nSPS) is 12.2. The summed E-state index contributed by atoms with van der Waals surface area (Å²) >= 11 is 1.78. The number of para-hydroxylation sites is 4. The molecule has 7 heteroatoms. The Bertz CT molecular complexity index is 5310. The highest BCUT2D eigenvalue weighted by atomic mass is 32.1. The summed E-state index contributed by atoms with van der Waals surface area (Å²) in [7, 11) is 0. The van der Waals surface area contributed by atoms with Crippen LogP contribution in [0, 0.1) is 0 Å². The molecule has 0 saturated carbocycles. The van der Waals surface area contributed by atoms with Crippen molar-refractivity contribution in [2.24, 2.45) is 0 Å². The van der Waals surface area contributed by atoms with E-state index in [1.165, 1.54) is 53.3 Å². The van der Waals surface area contributed by atoms with Gasteiger partial charge in [-0.3, -0.25) is 0 Å². The Morgan fingerprint density at radius 2 is 0.947 bits per heavy atom. The van der Waals surface area contributed by atoms with Crippen LogP contribution in [0.2, 0.25) is 0 Å². The predicted molar refractivity (Wildman–Crippen MR) is 317 cm³/mol. The molecule has 5 heterocycles. The number of hydrogen-bond acceptors (Lipinski definition) is 5. The van der Waals surface area contributed by atoms with Gasteiger partial charge in [0.2, 0.25) is 0 Å². The lowest BCUT2D eigenvalue weighted by Gasteiger charge is -2.14. The molecule has 6 nitrogen and oxygen atoms in total. The smallest absolute Gasteiger partial charge is 0.167 e. The Morgan fingerprint density at radius 3 is 1.80 bits per heavy atom. The molecule has 0 N–H and O–H groups in total. The van der Waals surface area contributed by atoms with E-state index in [0.717, 1.165) is 92.8 Å². The fraction of sp³-hybridized carbons (Fsp3) is 0. The van der Waals surface area contributed by atoms with E-state index in [1.807, 2.05) is 6.07 Å². The first kappa shape index (κ1) is 41.5. The topological polar surface area (TPSA) is 61.7 Å². The van der Waals surface area contributed by atoms with Crippen molar-refractivity contribution in [2.45, 2.75) is 0 Å². The largest absolute Gasteiger partial charge is 0.455 e. The van der Waals surface area contributed by atoms with E-state index in [-0.39, 0.29) is 0 Å². The molecule has 0 radical (unpaired) electrons. The van der Waals surface area contributed by atoms with E-state index in [0.29, 0.717) is 17.5 Å². The van der Waals surface area contributed by atoms with Crippen LogP contribution < -0.4 is 0 Å². The average Bonchev–Trinajstić information content (AvgIpc) is 4.26. The molecule has 17 aromatic rings. The van der Waals surface area contributed by atoms with E-state index >= 15 is 0 Å². The van der Waals surface area contributed by atoms with E-state index < -0.39 is 0 Å². The molecule has 17 rings (SSSR count). The van der Waals surface area contributed by atoms with Crippen LogP contribution >= 0.6 is 11.3 Å². The third-order valence-corrected chi connectivity index (χ3v) is 16.9. The van der Waals surface area contributed by atoms with Crippen LogP contribution in [0.5, 0.6) is 0 Å². The zero-order valence-electron chi connectivity index (χ0n) is 40.6. The number of furan rings is 1. The second-order valence-electron chi connectivity index (χ2n) is 19.8. The first-order valence-electron chi connectivity index (χ1n) is 25.7. The molecule has 12 aromatic carbocycles. The highest BCUT2D eigenvalue weighted by Gasteiger charge is 2.25. The monoisotopic (exact) mass is 985 g/mol. The average molecular weight is 986 g/mol. The Kier molecular flexibility index (Phi) is 8.62. The number of benzene rings is 12. The van der Waals surface area contributed by atoms with Crippen molar-refractivity contribution in [1.29, 1.82) is 0 Å². The second kappa shape index (κ2) is 15.8. The SMILES string of the molecule is c1ccc(-n2c3ccccc3c3cccc(-c4nc(-c5cc6cc(-n7c8cc9ccccc9cc8c8ccc9ccccc9c87)ccc6c6c5oc5ccccc56)nc(-c5cccc6c5sc5ccccc56)n4)c32)cc1. The fourth-order valence-electron chi connectivity index (χ4n) is 12.4. The summed E-state index contributed by atoms with van der Waals surface area (Å²) in [5.41, 5.74) is 10.8. The summed E-state index contributed by atoms with van der Waals surface area (Å²) in [6, 6.07) is 85.0. The maximum Gasteiger partial charge on any atom is 0.167 e. The standard InChI is InChI=1S/C69H39N5OS/c1-2-19-44(20-3-1)73-58-29-11-8-22-48(58)50-25-14-27-54(64(50)73)67-70-68(55-28-15-26-52-49-23-10-13-31-61(49)76-66(52)55)72-69(71-67)57-38-43-36-45(33-35-46(43)62-53-24-9-12-30-60(53)75-65(57)62)74-59-39-42-18-5-4-17-41(42)37-56(59)51-34-32-40-16-6-7-21-47(40)63(51)74/h1-39H. The Morgan fingerprint density at radius 1 is 0.329 bits per heavy atom. The van der Waals surface area contributed by atoms with Gasteiger partial charge in [0.05, 0.1) is 27.6 Å². The minimum atomic E-state index is 0.531. The number of fused-ring (bicyclic) bond motifs is 17. The lowest BCUT2D eigenvalue weighted by molar-refractivity contribution is 0.670. The Balaban J connectivity index is 0.982. The number of nitrogens with zero attached hydrogens (tertiary/aromatic N) is 5. The van der Waals surface area contributed by atoms with Crippen molar-refractivity contribution in [2.75, 3.05) is 0 Å². The number of rotatable bonds is 5. The van der Waals surface area contributed by atoms with Gasteiger partial charge in [0.15, 0.2) is 17.5 Å². The first-order chi connectivity index (χ1) is 37.7. The molecule has 0 fully saturated rings. The summed E-state index contributed by atoms with van der Waals surface area (Å²) in [6.07, 6.45) is 0. The molecule has 352 valence electrons. The van der Waals surface area contributed by atoms with E-state index in [9.17, 15) is 0 Å². The molecule has 76 heavy (non-hydrogen) atoms. The van der Waals surface area contributed by atoms with Crippen LogP contribution in [0.3, 0.4) is 0 Å². The van der Waals surface area contributed by atoms with Gasteiger partial charge >= 0.3 is 0 Å². The Hall–Kier alpha value is -9.95. The zero-order chi connectivity index (χ0) is 49.6. The second-order valence-corrected chi connectivity index (χ2v) is 20.9. The zero-order valence-corrected chi connectivity index (χ0v) is 41.4. The van der Waals surface area contributed by atoms with Crippen molar-refractivity contribution < 1.29 is 4.42 Å². The molecule has 0 aliphatic rings. The van der Waals surface area contributed by atoms with E-state index in [4.69, 9.17) is 19.4 Å². The van der Waals surface area contributed by atoms with Crippen molar-refractivity contribution >= 4 is 129 Å². The van der Waals surface area contributed by atoms with E-state index in [2.05, 4.69) is 240 Å². The van der Waals surface area contributed by atoms with Gasteiger partial charge < -0.3 is 13.6 Å². The summed E-state index contributed by atoms with van der Waals surface area (Å²) in [5.74, 6) is 1.70. The molecule has 0 spiro atoms. The predicted octanol–water partition coefficient (Wildman–Crippen LogP) is 18.8. The van der Waals surface area contributed by atoms with Gasteiger partial charge in [-0.15, -0.1) is 11.3 Å². The van der Waals surface area contributed by atoms with Crippen molar-refractivity contribution in [3.8, 4) is 45.5 Å². The molecule has 0 saturated heterocycles. The van der Waals surface area contributed by atoms with Gasteiger partial charge in [0, 0.05) is 80.4 Å². The minimum Gasteiger partial charge on any atom is -0.455 e. The maximum absolute atomic E-state index is 7.03. The molecule has 5 aromatic heterocycles. The maximum atomic E-state index is 7.03. The lowest BCUT2D eigenvalue weighted by atomic mass is 9.99. The van der Waals surface area contributed by atoms with Crippen LogP contribution in [-0.2, 0) is 0 Å². The summed E-state index contributed by atoms with van der Waals surface area (Å²) in [6.45, 7) is 0. The highest BCUT2D eigenvalue weighted by molar-refractivity contribution is 7.26. The molecule has 0 unspecified atom stereocenters. The summed E-state index contributed by atoms with van der Waals surface area (Å²) in [4.78, 5) is 16.8. The van der Waals surface area contributed by atoms with Gasteiger partial charge in [-0.25, -0.2) is 15.0 Å². The highest BCUT2D eigenvalue weighted by Crippen LogP contribution is 2.46. The molecule has 0 aliphatic carbocycles. The minimum absolute atomic E-state index is 0.531. The molecule has 0 atom stereocenters. The fourth-order valence-corrected chi connectivity index (χ4v) is 13.6. The van der Waals surface area contributed by atoms with Gasteiger partial charge in [-0.1, -0.05) is 164 Å². The summed E-state index contributed by atoms with van der Waals surface area (Å²) in [5, 5.41) is 16.1. The third-order valence-electron chi connectivity index (χ3n) is 15.7. The quantitative estimate of drug-likeness (QED) is 0.172. The van der Waals surface area contributed by atoms with Crippen molar-refractivity contribution in [1.82, 2.24) is 24.1 Å². The number of hydrogen-bond donors (Lipinski definition) is 0. The molecular weight excluding hydrogens is 947 g/mol. The lowest BCUT2D eigenvalue weighted by Crippen LogP contribution is -2.02. The van der Waals surface area contributed by atoms with E-state index in [1.54, 1.807) is 11.3 Å². The van der Waals surface area contributed by atoms with Crippen molar-refractivity contribution in [3.05, 3.63) is 237 Å². The van der Waals surface area contributed by atoms with Gasteiger partial charge in [0.1, 0.15) is 11.2 Å². The van der Waals surface area contributed by atoms with Gasteiger partial charge in [-0.2, -0.15) is 0 Å². The molecular formula is C69H39N5OS. The number of aromatic nitrogens is 5. The third kappa shape index (κ3) is 5.94.